The maximum absolute atomic E-state index is 13.4. The first-order valence-corrected chi connectivity index (χ1v) is 6.91. The Morgan fingerprint density at radius 1 is 1.47 bits per heavy atom. The third kappa shape index (κ3) is 2.14. The Labute approximate surface area is 112 Å². The minimum atomic E-state index is -0.355. The zero-order chi connectivity index (χ0) is 13.5. The minimum Gasteiger partial charge on any atom is -0.316 e. The lowest BCUT2D eigenvalue weighted by Crippen LogP contribution is -2.50. The van der Waals surface area contributed by atoms with Gasteiger partial charge in [-0.25, -0.2) is 4.39 Å². The fourth-order valence-corrected chi connectivity index (χ4v) is 3.13. The number of fused-ring (bicyclic) bond motifs is 1. The lowest BCUT2D eigenvalue weighted by Gasteiger charge is -2.36. The Morgan fingerprint density at radius 2 is 2.32 bits per heavy atom. The predicted octanol–water partition coefficient (Wildman–Crippen LogP) is 2.10. The van der Waals surface area contributed by atoms with Crippen LogP contribution in [0.5, 0.6) is 0 Å². The van der Waals surface area contributed by atoms with Crippen LogP contribution < -0.4 is 10.2 Å². The van der Waals surface area contributed by atoms with Gasteiger partial charge in [0.1, 0.15) is 5.82 Å². The number of rotatable bonds is 1. The van der Waals surface area contributed by atoms with E-state index in [0.29, 0.717) is 13.1 Å². The highest BCUT2D eigenvalue weighted by atomic mass is 19.1. The molecule has 1 unspecified atom stereocenters. The van der Waals surface area contributed by atoms with Crippen LogP contribution in [0.3, 0.4) is 0 Å². The first-order chi connectivity index (χ1) is 9.10. The van der Waals surface area contributed by atoms with Crippen molar-refractivity contribution in [3.63, 3.8) is 0 Å². The Hall–Kier alpha value is -1.42. The van der Waals surface area contributed by atoms with Crippen LogP contribution in [0, 0.1) is 11.2 Å². The van der Waals surface area contributed by atoms with E-state index in [-0.39, 0.29) is 17.1 Å². The second-order valence-corrected chi connectivity index (χ2v) is 5.82. The van der Waals surface area contributed by atoms with E-state index in [1.54, 1.807) is 11.0 Å². The molecule has 0 radical (unpaired) electrons. The van der Waals surface area contributed by atoms with Crippen molar-refractivity contribution >= 4 is 11.6 Å². The van der Waals surface area contributed by atoms with Crippen LogP contribution >= 0.6 is 0 Å². The van der Waals surface area contributed by atoms with Crippen LogP contribution in [0.25, 0.3) is 0 Å². The molecule has 102 valence electrons. The van der Waals surface area contributed by atoms with E-state index in [0.717, 1.165) is 37.1 Å². The summed E-state index contributed by atoms with van der Waals surface area (Å²) in [6.07, 6.45) is 2.75. The Morgan fingerprint density at radius 3 is 3.05 bits per heavy atom. The van der Waals surface area contributed by atoms with Gasteiger partial charge in [0.05, 0.1) is 5.41 Å². The number of halogens is 1. The summed E-state index contributed by atoms with van der Waals surface area (Å²) in [4.78, 5) is 14.5. The normalized spacial score (nSPS) is 26.3. The molecule has 1 amide bonds. The topological polar surface area (TPSA) is 32.3 Å². The number of nitrogens with zero attached hydrogens (tertiary/aromatic N) is 1. The number of nitrogens with one attached hydrogen (secondary N) is 1. The molecule has 0 spiro atoms. The van der Waals surface area contributed by atoms with E-state index in [4.69, 9.17) is 0 Å². The van der Waals surface area contributed by atoms with Crippen LogP contribution in [-0.4, -0.2) is 25.5 Å². The molecule has 4 heteroatoms. The molecule has 3 nitrogen and oxygen atoms in total. The fourth-order valence-electron chi connectivity index (χ4n) is 3.13. The second kappa shape index (κ2) is 4.60. The quantitative estimate of drug-likeness (QED) is 0.840. The molecule has 1 atom stereocenters. The van der Waals surface area contributed by atoms with Gasteiger partial charge in [-0.15, -0.1) is 0 Å². The number of carbonyl (C=O) groups is 1. The Balaban J connectivity index is 1.88. The van der Waals surface area contributed by atoms with Gasteiger partial charge in [0, 0.05) is 18.8 Å². The van der Waals surface area contributed by atoms with Gasteiger partial charge >= 0.3 is 0 Å². The van der Waals surface area contributed by atoms with Gasteiger partial charge in [0.15, 0.2) is 0 Å². The van der Waals surface area contributed by atoms with Gasteiger partial charge in [-0.2, -0.15) is 0 Å². The lowest BCUT2D eigenvalue weighted by molar-refractivity contribution is -0.128. The molecule has 1 N–H and O–H groups in total. The zero-order valence-corrected chi connectivity index (χ0v) is 11.2. The van der Waals surface area contributed by atoms with Gasteiger partial charge in [0.25, 0.3) is 0 Å². The molecule has 0 saturated carbocycles. The molecule has 0 aliphatic carbocycles. The average Bonchev–Trinajstić information content (AvgIpc) is 2.81. The number of carbonyl (C=O) groups excluding carboxylic acids is 1. The van der Waals surface area contributed by atoms with Crippen LogP contribution in [0.2, 0.25) is 0 Å². The van der Waals surface area contributed by atoms with Crippen molar-refractivity contribution in [2.24, 2.45) is 5.41 Å². The summed E-state index contributed by atoms with van der Waals surface area (Å²) < 4.78 is 13.4. The molecule has 2 heterocycles. The molecule has 2 aliphatic heterocycles. The molecule has 1 saturated heterocycles. The average molecular weight is 262 g/mol. The molecule has 19 heavy (non-hydrogen) atoms. The van der Waals surface area contributed by atoms with Crippen LogP contribution in [0.4, 0.5) is 10.1 Å². The number of benzene rings is 1. The highest BCUT2D eigenvalue weighted by Crippen LogP contribution is 2.35. The van der Waals surface area contributed by atoms with E-state index in [1.807, 2.05) is 6.92 Å². The molecular weight excluding hydrogens is 243 g/mol. The number of anilines is 1. The number of piperidine rings is 1. The Bertz CT molecular complexity index is 509. The largest absolute Gasteiger partial charge is 0.316 e. The van der Waals surface area contributed by atoms with E-state index >= 15 is 0 Å². The minimum absolute atomic E-state index is 0.129. The summed E-state index contributed by atoms with van der Waals surface area (Å²) in [5.74, 6) is -0.144. The summed E-state index contributed by atoms with van der Waals surface area (Å²) in [5, 5.41) is 3.29. The molecule has 1 fully saturated rings. The molecule has 0 aromatic heterocycles. The highest BCUT2D eigenvalue weighted by Gasteiger charge is 2.40. The summed E-state index contributed by atoms with van der Waals surface area (Å²) in [6.45, 7) is 4.38. The van der Waals surface area contributed by atoms with Crippen molar-refractivity contribution in [3.05, 3.63) is 29.6 Å². The lowest BCUT2D eigenvalue weighted by atomic mass is 9.81. The molecule has 1 aromatic carbocycles. The van der Waals surface area contributed by atoms with Crippen molar-refractivity contribution in [2.75, 3.05) is 24.5 Å². The molecule has 0 bridgehead atoms. The number of hydrogen-bond donors (Lipinski definition) is 1. The summed E-state index contributed by atoms with van der Waals surface area (Å²) >= 11 is 0. The van der Waals surface area contributed by atoms with Crippen molar-refractivity contribution in [3.8, 4) is 0 Å². The fraction of sp³-hybridized carbons (Fsp3) is 0.533. The number of hydrogen-bond acceptors (Lipinski definition) is 2. The number of amides is 1. The van der Waals surface area contributed by atoms with Crippen molar-refractivity contribution in [2.45, 2.75) is 26.2 Å². The van der Waals surface area contributed by atoms with Gasteiger partial charge < -0.3 is 10.2 Å². The van der Waals surface area contributed by atoms with Gasteiger partial charge in [-0.05, 0) is 50.4 Å². The van der Waals surface area contributed by atoms with Crippen molar-refractivity contribution < 1.29 is 9.18 Å². The van der Waals surface area contributed by atoms with Gasteiger partial charge in [0.2, 0.25) is 5.91 Å². The zero-order valence-electron chi connectivity index (χ0n) is 11.2. The van der Waals surface area contributed by atoms with E-state index in [9.17, 15) is 9.18 Å². The van der Waals surface area contributed by atoms with Gasteiger partial charge in [-0.3, -0.25) is 4.79 Å². The molecular formula is C15H19FN2O. The van der Waals surface area contributed by atoms with Crippen LogP contribution in [0.15, 0.2) is 18.2 Å². The van der Waals surface area contributed by atoms with E-state index < -0.39 is 0 Å². The van der Waals surface area contributed by atoms with Crippen molar-refractivity contribution in [1.82, 2.24) is 5.32 Å². The Kier molecular flexibility index (Phi) is 3.05. The highest BCUT2D eigenvalue weighted by molar-refractivity contribution is 5.99. The van der Waals surface area contributed by atoms with Crippen LogP contribution in [-0.2, 0) is 11.2 Å². The second-order valence-electron chi connectivity index (χ2n) is 5.82. The van der Waals surface area contributed by atoms with Crippen LogP contribution in [0.1, 0.15) is 25.3 Å². The predicted molar refractivity (Wildman–Crippen MR) is 72.7 cm³/mol. The third-order valence-corrected chi connectivity index (χ3v) is 4.30. The smallest absolute Gasteiger partial charge is 0.234 e. The standard InChI is InChI=1S/C15H19FN2O/c1-15(6-2-7-17-10-15)14(19)18-8-5-11-3-4-12(16)9-13(11)18/h3-4,9,17H,2,5-8,10H2,1H3. The SMILES string of the molecule is CC1(C(=O)N2CCc3ccc(F)cc32)CCCNC1. The summed E-state index contributed by atoms with van der Waals surface area (Å²) in [5.41, 5.74) is 1.48. The van der Waals surface area contributed by atoms with Crippen molar-refractivity contribution in [1.29, 1.82) is 0 Å². The molecule has 1 aromatic rings. The molecule has 3 rings (SSSR count). The first kappa shape index (κ1) is 12.6. The van der Waals surface area contributed by atoms with E-state index in [2.05, 4.69) is 5.32 Å². The van der Waals surface area contributed by atoms with E-state index in [1.165, 1.54) is 12.1 Å². The summed E-state index contributed by atoms with van der Waals surface area (Å²) in [6, 6.07) is 4.75. The first-order valence-electron chi connectivity index (χ1n) is 6.91. The summed E-state index contributed by atoms with van der Waals surface area (Å²) in [7, 11) is 0. The third-order valence-electron chi connectivity index (χ3n) is 4.30. The van der Waals surface area contributed by atoms with Gasteiger partial charge in [-0.1, -0.05) is 6.07 Å². The maximum atomic E-state index is 13.4. The monoisotopic (exact) mass is 262 g/mol. The molecule has 2 aliphatic rings. The maximum Gasteiger partial charge on any atom is 0.234 e.